The van der Waals surface area contributed by atoms with E-state index in [1.807, 2.05) is 36.4 Å². The molecule has 0 aliphatic carbocycles. The lowest BCUT2D eigenvalue weighted by molar-refractivity contribution is -0.119. The summed E-state index contributed by atoms with van der Waals surface area (Å²) in [6.45, 7) is 4.65. The zero-order chi connectivity index (χ0) is 21.5. The predicted molar refractivity (Wildman–Crippen MR) is 114 cm³/mol. The second-order valence-corrected chi connectivity index (χ2v) is 7.09. The number of amides is 1. The van der Waals surface area contributed by atoms with Gasteiger partial charge in [-0.25, -0.2) is 4.68 Å². The minimum Gasteiger partial charge on any atom is -0.497 e. The van der Waals surface area contributed by atoms with Crippen molar-refractivity contribution in [3.8, 4) is 28.8 Å². The molecule has 0 saturated carbocycles. The van der Waals surface area contributed by atoms with Gasteiger partial charge in [0.2, 0.25) is 5.91 Å². The van der Waals surface area contributed by atoms with E-state index in [1.165, 1.54) is 7.11 Å². The summed E-state index contributed by atoms with van der Waals surface area (Å²) < 4.78 is 17.6. The third-order valence-electron chi connectivity index (χ3n) is 4.13. The second kappa shape index (κ2) is 9.89. The van der Waals surface area contributed by atoms with E-state index >= 15 is 0 Å². The van der Waals surface area contributed by atoms with Crippen molar-refractivity contribution >= 4 is 11.6 Å². The van der Waals surface area contributed by atoms with Gasteiger partial charge in [0.15, 0.2) is 5.82 Å². The molecule has 1 N–H and O–H groups in total. The van der Waals surface area contributed by atoms with Crippen LogP contribution in [-0.2, 0) is 9.53 Å². The zero-order valence-corrected chi connectivity index (χ0v) is 17.6. The molecular formula is C22H26N4O4. The Morgan fingerprint density at radius 2 is 1.90 bits per heavy atom. The quantitative estimate of drug-likeness (QED) is 0.580. The summed E-state index contributed by atoms with van der Waals surface area (Å²) >= 11 is 0. The smallest absolute Gasteiger partial charge is 0.336 e. The third-order valence-corrected chi connectivity index (χ3v) is 4.13. The first kappa shape index (κ1) is 21.3. The van der Waals surface area contributed by atoms with Crippen LogP contribution >= 0.6 is 0 Å². The number of hydrogen-bond acceptors (Lipinski definition) is 6. The Morgan fingerprint density at radius 1 is 1.13 bits per heavy atom. The molecule has 2 aromatic carbocycles. The molecule has 0 bridgehead atoms. The van der Waals surface area contributed by atoms with Crippen LogP contribution in [0.4, 0.5) is 5.69 Å². The van der Waals surface area contributed by atoms with Crippen LogP contribution in [0.2, 0.25) is 0 Å². The van der Waals surface area contributed by atoms with Crippen LogP contribution in [0, 0.1) is 5.92 Å². The van der Waals surface area contributed by atoms with Gasteiger partial charge < -0.3 is 19.5 Å². The maximum absolute atomic E-state index is 11.7. The molecule has 1 aromatic heterocycles. The van der Waals surface area contributed by atoms with Gasteiger partial charge in [-0.05, 0) is 42.3 Å². The van der Waals surface area contributed by atoms with Crippen molar-refractivity contribution in [3.05, 3.63) is 48.5 Å². The van der Waals surface area contributed by atoms with Crippen LogP contribution < -0.4 is 14.8 Å². The van der Waals surface area contributed by atoms with E-state index in [9.17, 15) is 4.79 Å². The Kier molecular flexibility index (Phi) is 7.03. The Morgan fingerprint density at radius 3 is 2.57 bits per heavy atom. The van der Waals surface area contributed by atoms with Crippen molar-refractivity contribution in [1.82, 2.24) is 14.8 Å². The number of methoxy groups -OCH3 is 2. The normalized spacial score (nSPS) is 10.8. The monoisotopic (exact) mass is 410 g/mol. The molecule has 1 amide bonds. The van der Waals surface area contributed by atoms with Crippen LogP contribution in [0.25, 0.3) is 17.1 Å². The van der Waals surface area contributed by atoms with Crippen molar-refractivity contribution in [2.24, 2.45) is 5.92 Å². The lowest BCUT2D eigenvalue weighted by atomic mass is 10.2. The van der Waals surface area contributed by atoms with E-state index in [-0.39, 0.29) is 12.5 Å². The van der Waals surface area contributed by atoms with Gasteiger partial charge in [-0.1, -0.05) is 26.0 Å². The van der Waals surface area contributed by atoms with E-state index in [0.29, 0.717) is 30.0 Å². The molecule has 0 spiro atoms. The van der Waals surface area contributed by atoms with Crippen molar-refractivity contribution in [1.29, 1.82) is 0 Å². The van der Waals surface area contributed by atoms with Crippen LogP contribution in [0.1, 0.15) is 13.8 Å². The number of hydrogen-bond donors (Lipinski definition) is 1. The van der Waals surface area contributed by atoms with Gasteiger partial charge in [0.25, 0.3) is 0 Å². The average Bonchev–Trinajstić information content (AvgIpc) is 3.17. The number of benzene rings is 2. The highest BCUT2D eigenvalue weighted by Gasteiger charge is 2.16. The summed E-state index contributed by atoms with van der Waals surface area (Å²) in [6.07, 6.45) is 0. The van der Waals surface area contributed by atoms with Crippen molar-refractivity contribution in [3.63, 3.8) is 0 Å². The Labute approximate surface area is 175 Å². The first-order valence-corrected chi connectivity index (χ1v) is 9.63. The predicted octanol–water partition coefficient (Wildman–Crippen LogP) is 3.56. The van der Waals surface area contributed by atoms with Crippen LogP contribution in [0.15, 0.2) is 48.5 Å². The minimum atomic E-state index is -0.215. The van der Waals surface area contributed by atoms with Crippen LogP contribution in [-0.4, -0.2) is 48.1 Å². The highest BCUT2D eigenvalue weighted by Crippen LogP contribution is 2.27. The fraction of sp³-hybridized carbons (Fsp3) is 0.318. The molecule has 30 heavy (non-hydrogen) atoms. The molecule has 1 heterocycles. The number of ether oxygens (including phenoxy) is 3. The fourth-order valence-electron chi connectivity index (χ4n) is 2.74. The zero-order valence-electron chi connectivity index (χ0n) is 17.6. The highest BCUT2D eigenvalue weighted by atomic mass is 16.5. The summed E-state index contributed by atoms with van der Waals surface area (Å²) in [7, 11) is 3.10. The number of rotatable bonds is 9. The highest BCUT2D eigenvalue weighted by molar-refractivity contribution is 5.91. The molecule has 3 aromatic rings. The molecule has 0 radical (unpaired) electrons. The van der Waals surface area contributed by atoms with E-state index in [2.05, 4.69) is 29.2 Å². The molecule has 158 valence electrons. The topological polar surface area (TPSA) is 87.5 Å². The standard InChI is InChI=1S/C22H26N4O4/c1-15(2)13-30-22-24-21(16-6-5-7-19(12-16)29-4)26(25-22)18-10-8-17(9-11-18)23-20(27)14-28-3/h5-12,15H,13-14H2,1-4H3,(H,23,27). The second-order valence-electron chi connectivity index (χ2n) is 7.09. The lowest BCUT2D eigenvalue weighted by Gasteiger charge is -2.09. The summed E-state index contributed by atoms with van der Waals surface area (Å²) in [4.78, 5) is 16.3. The largest absolute Gasteiger partial charge is 0.497 e. The Hall–Kier alpha value is -3.39. The van der Waals surface area contributed by atoms with Crippen molar-refractivity contribution < 1.29 is 19.0 Å². The van der Waals surface area contributed by atoms with E-state index in [0.717, 1.165) is 17.0 Å². The summed E-state index contributed by atoms with van der Waals surface area (Å²) in [6, 6.07) is 15.2. The van der Waals surface area contributed by atoms with Gasteiger partial charge in [0.1, 0.15) is 12.4 Å². The molecule has 8 nitrogen and oxygen atoms in total. The van der Waals surface area contributed by atoms with Gasteiger partial charge in [-0.3, -0.25) is 4.79 Å². The molecule has 0 saturated heterocycles. The summed E-state index contributed by atoms with van der Waals surface area (Å²) in [5.74, 6) is 1.49. The Balaban J connectivity index is 1.94. The molecular weight excluding hydrogens is 384 g/mol. The summed E-state index contributed by atoms with van der Waals surface area (Å²) in [5, 5.41) is 7.31. The Bertz CT molecular complexity index is 983. The molecule has 8 heteroatoms. The fourth-order valence-corrected chi connectivity index (χ4v) is 2.74. The van der Waals surface area contributed by atoms with E-state index in [1.54, 1.807) is 23.9 Å². The maximum atomic E-state index is 11.7. The van der Waals surface area contributed by atoms with Gasteiger partial charge in [0, 0.05) is 18.4 Å². The van der Waals surface area contributed by atoms with Crippen LogP contribution in [0.3, 0.4) is 0 Å². The molecule has 0 fully saturated rings. The molecule has 0 atom stereocenters. The van der Waals surface area contributed by atoms with Gasteiger partial charge in [-0.2, -0.15) is 4.98 Å². The average molecular weight is 410 g/mol. The SMILES string of the molecule is COCC(=O)Nc1ccc(-n2nc(OCC(C)C)nc2-c2cccc(OC)c2)cc1. The van der Waals surface area contributed by atoms with Crippen LogP contribution in [0.5, 0.6) is 11.8 Å². The first-order chi connectivity index (χ1) is 14.5. The number of nitrogens with one attached hydrogen (secondary N) is 1. The molecule has 0 aliphatic rings. The van der Waals surface area contributed by atoms with E-state index < -0.39 is 0 Å². The van der Waals surface area contributed by atoms with Gasteiger partial charge >= 0.3 is 6.01 Å². The van der Waals surface area contributed by atoms with Gasteiger partial charge in [-0.15, -0.1) is 5.10 Å². The molecule has 0 unspecified atom stereocenters. The lowest BCUT2D eigenvalue weighted by Crippen LogP contribution is -2.17. The number of aromatic nitrogens is 3. The van der Waals surface area contributed by atoms with Crippen molar-refractivity contribution in [2.75, 3.05) is 32.8 Å². The van der Waals surface area contributed by atoms with Crippen molar-refractivity contribution in [2.45, 2.75) is 13.8 Å². The number of carbonyl (C=O) groups is 1. The number of carbonyl (C=O) groups excluding carboxylic acids is 1. The summed E-state index contributed by atoms with van der Waals surface area (Å²) in [5.41, 5.74) is 2.29. The minimum absolute atomic E-state index is 0.00136. The molecule has 3 rings (SSSR count). The third kappa shape index (κ3) is 5.36. The number of anilines is 1. The first-order valence-electron chi connectivity index (χ1n) is 9.63. The van der Waals surface area contributed by atoms with Gasteiger partial charge in [0.05, 0.1) is 19.4 Å². The van der Waals surface area contributed by atoms with E-state index in [4.69, 9.17) is 14.2 Å². The maximum Gasteiger partial charge on any atom is 0.336 e. The number of nitrogens with zero attached hydrogens (tertiary/aromatic N) is 3. The molecule has 0 aliphatic heterocycles.